The van der Waals surface area contributed by atoms with Gasteiger partial charge in [-0.05, 0) is 17.7 Å². The summed E-state index contributed by atoms with van der Waals surface area (Å²) in [6.45, 7) is 0. The van der Waals surface area contributed by atoms with Gasteiger partial charge >= 0.3 is 5.95 Å². The molecule has 0 saturated heterocycles. The van der Waals surface area contributed by atoms with Crippen LogP contribution in [0.3, 0.4) is 0 Å². The molecule has 0 aromatic heterocycles. The van der Waals surface area contributed by atoms with Gasteiger partial charge in [-0.3, -0.25) is 0 Å². The molecule has 1 heterocycles. The molecule has 2 rings (SSSR count). The van der Waals surface area contributed by atoms with Gasteiger partial charge in [-0.25, -0.2) is 0 Å². The van der Waals surface area contributed by atoms with Crippen molar-refractivity contribution >= 4 is 28.5 Å². The minimum absolute atomic E-state index is 0.104. The minimum atomic E-state index is -0.104. The number of benzene rings is 1. The molecule has 68 valence electrons. The Hall–Kier alpha value is -0.840. The average Bonchev–Trinajstić information content (AvgIpc) is 2.53. The zero-order chi connectivity index (χ0) is 9.26. The first-order chi connectivity index (χ1) is 6.27. The normalized spacial score (nSPS) is 16.1. The lowest BCUT2D eigenvalue weighted by Gasteiger charge is -1.97. The molecule has 1 aliphatic rings. The van der Waals surface area contributed by atoms with Crippen LogP contribution in [0.4, 0.5) is 0 Å². The van der Waals surface area contributed by atoms with E-state index in [-0.39, 0.29) is 5.95 Å². The smallest absolute Gasteiger partial charge is 0.314 e. The zero-order valence-electron chi connectivity index (χ0n) is 6.45. The molecule has 0 aliphatic carbocycles. The van der Waals surface area contributed by atoms with Crippen LogP contribution < -0.4 is 4.89 Å². The summed E-state index contributed by atoms with van der Waals surface area (Å²) in [5.74, 6) is -0.104. The molecule has 0 fully saturated rings. The van der Waals surface area contributed by atoms with Gasteiger partial charge in [0.2, 0.25) is 0 Å². The Labute approximate surface area is 84.4 Å². The van der Waals surface area contributed by atoms with Gasteiger partial charge < -0.3 is 9.94 Å². The lowest BCUT2D eigenvalue weighted by atomic mass is 10.2. The van der Waals surface area contributed by atoms with Crippen molar-refractivity contribution < 1.29 is 9.94 Å². The third-order valence-corrected chi connectivity index (χ3v) is 2.62. The molecule has 0 radical (unpaired) electrons. The summed E-state index contributed by atoms with van der Waals surface area (Å²) in [6, 6.07) is 7.15. The van der Waals surface area contributed by atoms with E-state index in [4.69, 9.17) is 11.6 Å². The molecule has 0 saturated carbocycles. The van der Waals surface area contributed by atoms with Crippen LogP contribution in [0.2, 0.25) is 5.02 Å². The number of hydrogen-bond donors (Lipinski definition) is 2. The molecule has 0 amide bonds. The quantitative estimate of drug-likeness (QED) is 0.707. The largest absolute Gasteiger partial charge is 0.479 e. The summed E-state index contributed by atoms with van der Waals surface area (Å²) in [5, 5.41) is 9.92. The Morgan fingerprint density at radius 3 is 2.54 bits per heavy atom. The fourth-order valence-corrected chi connectivity index (χ4v) is 1.69. The zero-order valence-corrected chi connectivity index (χ0v) is 8.02. The monoisotopic (exact) mass is 215 g/mol. The Morgan fingerprint density at radius 1 is 1.31 bits per heavy atom. The van der Waals surface area contributed by atoms with Crippen molar-refractivity contribution in [2.45, 2.75) is 0 Å². The van der Waals surface area contributed by atoms with Gasteiger partial charge in [0, 0.05) is 17.0 Å². The SMILES string of the molecule is OC1=C(c2ccc(Cl)cc2)SNO1. The van der Waals surface area contributed by atoms with Crippen LogP contribution in [0.15, 0.2) is 30.2 Å². The van der Waals surface area contributed by atoms with Crippen molar-refractivity contribution in [3.05, 3.63) is 40.8 Å². The van der Waals surface area contributed by atoms with Crippen LogP contribution in [0.1, 0.15) is 5.56 Å². The van der Waals surface area contributed by atoms with E-state index in [0.29, 0.717) is 9.93 Å². The molecular formula is C8H6ClNO2S. The van der Waals surface area contributed by atoms with Crippen LogP contribution in [-0.4, -0.2) is 5.11 Å². The summed E-state index contributed by atoms with van der Waals surface area (Å²) < 4.78 is 0. The second-order valence-electron chi connectivity index (χ2n) is 2.43. The Bertz CT molecular complexity index is 350. The summed E-state index contributed by atoms with van der Waals surface area (Å²) in [4.78, 5) is 7.82. The van der Waals surface area contributed by atoms with E-state index in [1.54, 1.807) is 12.1 Å². The van der Waals surface area contributed by atoms with Crippen LogP contribution >= 0.6 is 23.5 Å². The van der Waals surface area contributed by atoms with Crippen LogP contribution in [0, 0.1) is 0 Å². The maximum Gasteiger partial charge on any atom is 0.314 e. The van der Waals surface area contributed by atoms with Crippen molar-refractivity contribution in [3.8, 4) is 0 Å². The summed E-state index contributed by atoms with van der Waals surface area (Å²) in [5.41, 5.74) is 0.872. The van der Waals surface area contributed by atoms with Crippen molar-refractivity contribution in [2.24, 2.45) is 0 Å². The van der Waals surface area contributed by atoms with Gasteiger partial charge in [0.05, 0.1) is 0 Å². The number of nitrogens with one attached hydrogen (secondary N) is 1. The van der Waals surface area contributed by atoms with E-state index in [9.17, 15) is 5.11 Å². The number of aliphatic hydroxyl groups excluding tert-OH is 1. The van der Waals surface area contributed by atoms with Crippen molar-refractivity contribution in [1.29, 1.82) is 0 Å². The van der Waals surface area contributed by atoms with E-state index < -0.39 is 0 Å². The molecule has 0 atom stereocenters. The molecule has 2 N–H and O–H groups in total. The number of hydrogen-bond acceptors (Lipinski definition) is 4. The van der Waals surface area contributed by atoms with E-state index >= 15 is 0 Å². The summed E-state index contributed by atoms with van der Waals surface area (Å²) in [7, 11) is 0. The lowest BCUT2D eigenvalue weighted by molar-refractivity contribution is 0.0783. The van der Waals surface area contributed by atoms with Gasteiger partial charge in [0.25, 0.3) is 0 Å². The maximum atomic E-state index is 9.25. The van der Waals surface area contributed by atoms with Crippen molar-refractivity contribution in [1.82, 2.24) is 4.89 Å². The molecular weight excluding hydrogens is 210 g/mol. The Kier molecular flexibility index (Phi) is 2.35. The molecule has 1 aromatic rings. The van der Waals surface area contributed by atoms with Gasteiger partial charge in [-0.15, -0.1) is 0 Å². The maximum absolute atomic E-state index is 9.25. The highest BCUT2D eigenvalue weighted by Crippen LogP contribution is 2.33. The Balaban J connectivity index is 2.36. The minimum Gasteiger partial charge on any atom is -0.479 e. The highest BCUT2D eigenvalue weighted by molar-refractivity contribution is 8.06. The molecule has 0 unspecified atom stereocenters. The first-order valence-electron chi connectivity index (χ1n) is 3.55. The van der Waals surface area contributed by atoms with Crippen LogP contribution in [-0.2, 0) is 4.84 Å². The second-order valence-corrected chi connectivity index (χ2v) is 3.64. The van der Waals surface area contributed by atoms with E-state index in [1.165, 1.54) is 11.9 Å². The van der Waals surface area contributed by atoms with Gasteiger partial charge in [-0.1, -0.05) is 28.6 Å². The predicted octanol–water partition coefficient (Wildman–Crippen LogP) is 2.71. The summed E-state index contributed by atoms with van der Waals surface area (Å²) >= 11 is 6.95. The van der Waals surface area contributed by atoms with Crippen molar-refractivity contribution in [3.63, 3.8) is 0 Å². The number of rotatable bonds is 1. The summed E-state index contributed by atoms with van der Waals surface area (Å²) in [6.07, 6.45) is 0. The van der Waals surface area contributed by atoms with Crippen LogP contribution in [0.5, 0.6) is 0 Å². The second kappa shape index (κ2) is 3.49. The van der Waals surface area contributed by atoms with Gasteiger partial charge in [0.1, 0.15) is 4.91 Å². The molecule has 5 heteroatoms. The topological polar surface area (TPSA) is 41.5 Å². The van der Waals surface area contributed by atoms with E-state index in [2.05, 4.69) is 9.72 Å². The van der Waals surface area contributed by atoms with E-state index in [0.717, 1.165) is 5.56 Å². The first kappa shape index (κ1) is 8.74. The third-order valence-electron chi connectivity index (χ3n) is 1.58. The molecule has 0 spiro atoms. The highest BCUT2D eigenvalue weighted by Gasteiger charge is 2.17. The molecule has 3 nitrogen and oxygen atoms in total. The fourth-order valence-electron chi connectivity index (χ4n) is 0.976. The molecule has 1 aromatic carbocycles. The standard InChI is InChI=1S/C8H6ClNO2S/c9-6-3-1-5(2-4-6)7-8(11)12-10-13-7/h1-4,10-11H. The Morgan fingerprint density at radius 2 is 2.00 bits per heavy atom. The fraction of sp³-hybridized carbons (Fsp3) is 0. The van der Waals surface area contributed by atoms with Crippen LogP contribution in [0.25, 0.3) is 4.91 Å². The highest BCUT2D eigenvalue weighted by atomic mass is 35.5. The van der Waals surface area contributed by atoms with Gasteiger partial charge in [0.15, 0.2) is 0 Å². The lowest BCUT2D eigenvalue weighted by Crippen LogP contribution is -1.93. The molecule has 1 aliphatic heterocycles. The predicted molar refractivity (Wildman–Crippen MR) is 52.8 cm³/mol. The van der Waals surface area contributed by atoms with Gasteiger partial charge in [-0.2, -0.15) is 0 Å². The average molecular weight is 216 g/mol. The third kappa shape index (κ3) is 1.75. The molecule has 13 heavy (non-hydrogen) atoms. The van der Waals surface area contributed by atoms with E-state index in [1.807, 2.05) is 12.1 Å². The number of aliphatic hydroxyl groups is 1. The first-order valence-corrected chi connectivity index (χ1v) is 4.74. The number of halogens is 1. The molecule has 0 bridgehead atoms. The van der Waals surface area contributed by atoms with Crippen molar-refractivity contribution in [2.75, 3.05) is 0 Å².